The van der Waals surface area contributed by atoms with Gasteiger partial charge in [0.2, 0.25) is 0 Å². The number of likely N-dealkylation sites (tertiary alicyclic amines) is 1. The summed E-state index contributed by atoms with van der Waals surface area (Å²) in [4.78, 5) is 20.2. The van der Waals surface area contributed by atoms with Crippen molar-refractivity contribution in [3.63, 3.8) is 0 Å². The van der Waals surface area contributed by atoms with Gasteiger partial charge < -0.3 is 9.64 Å². The van der Waals surface area contributed by atoms with Gasteiger partial charge in [-0.05, 0) is 43.9 Å². The number of benzene rings is 1. The van der Waals surface area contributed by atoms with Crippen LogP contribution >= 0.6 is 0 Å². The van der Waals surface area contributed by atoms with E-state index in [2.05, 4.69) is 22.0 Å². The van der Waals surface area contributed by atoms with Crippen molar-refractivity contribution in [3.05, 3.63) is 59.8 Å². The lowest BCUT2D eigenvalue weighted by molar-refractivity contribution is -0.162. The van der Waals surface area contributed by atoms with Crippen molar-refractivity contribution in [3.8, 4) is 0 Å². The molecule has 0 N–H and O–H groups in total. The van der Waals surface area contributed by atoms with Crippen LogP contribution in [0.3, 0.4) is 0 Å². The fourth-order valence-electron chi connectivity index (χ4n) is 4.45. The van der Waals surface area contributed by atoms with Gasteiger partial charge in [0.25, 0.3) is 5.91 Å². The van der Waals surface area contributed by atoms with Gasteiger partial charge in [-0.1, -0.05) is 30.3 Å². The molecule has 5 nitrogen and oxygen atoms in total. The third kappa shape index (κ3) is 4.75. The Kier molecular flexibility index (Phi) is 6.03. The van der Waals surface area contributed by atoms with Crippen molar-refractivity contribution in [2.75, 3.05) is 31.1 Å². The number of hydrogen-bond donors (Lipinski definition) is 0. The second kappa shape index (κ2) is 8.59. The van der Waals surface area contributed by atoms with Crippen molar-refractivity contribution in [2.45, 2.75) is 44.1 Å². The van der Waals surface area contributed by atoms with Gasteiger partial charge in [-0.3, -0.25) is 9.69 Å². The first-order chi connectivity index (χ1) is 14.8. The molecule has 8 heteroatoms. The van der Waals surface area contributed by atoms with E-state index in [1.54, 1.807) is 6.92 Å². The molecule has 1 spiro atoms. The van der Waals surface area contributed by atoms with Crippen LogP contribution in [0.4, 0.5) is 19.0 Å². The summed E-state index contributed by atoms with van der Waals surface area (Å²) in [7, 11) is 0. The van der Waals surface area contributed by atoms with E-state index in [1.165, 1.54) is 22.7 Å². The fourth-order valence-corrected chi connectivity index (χ4v) is 4.45. The molecular weight excluding hydrogens is 407 g/mol. The highest BCUT2D eigenvalue weighted by Gasteiger charge is 2.48. The number of aromatic nitrogens is 1. The van der Waals surface area contributed by atoms with Gasteiger partial charge in [0.1, 0.15) is 11.9 Å². The minimum Gasteiger partial charge on any atom is -0.360 e. The number of piperidine rings is 1. The van der Waals surface area contributed by atoms with E-state index in [1.807, 2.05) is 18.2 Å². The Morgan fingerprint density at radius 1 is 1.13 bits per heavy atom. The zero-order valence-electron chi connectivity index (χ0n) is 17.4. The number of alkyl halides is 3. The molecule has 1 aromatic carbocycles. The topological polar surface area (TPSA) is 45.7 Å². The van der Waals surface area contributed by atoms with E-state index < -0.39 is 29.4 Å². The van der Waals surface area contributed by atoms with Gasteiger partial charge in [-0.2, -0.15) is 13.2 Å². The van der Waals surface area contributed by atoms with Crippen molar-refractivity contribution in [1.29, 1.82) is 0 Å². The molecule has 2 saturated heterocycles. The Morgan fingerprint density at radius 3 is 2.52 bits per heavy atom. The highest BCUT2D eigenvalue weighted by atomic mass is 19.4. The fraction of sp³-hybridized carbons (Fsp3) is 0.478. The van der Waals surface area contributed by atoms with Gasteiger partial charge in [0, 0.05) is 25.8 Å². The third-order valence-corrected chi connectivity index (χ3v) is 6.16. The molecule has 1 unspecified atom stereocenters. The summed E-state index contributed by atoms with van der Waals surface area (Å²) in [6.45, 7) is 4.15. The number of carbonyl (C=O) groups excluding carboxylic acids is 1. The minimum absolute atomic E-state index is 0.0861. The molecular formula is C23H26F3N3O2. The first-order valence-electron chi connectivity index (χ1n) is 10.6. The molecule has 1 aromatic heterocycles. The number of amides is 1. The first kappa shape index (κ1) is 21.8. The highest BCUT2D eigenvalue weighted by molar-refractivity contribution is 5.97. The summed E-state index contributed by atoms with van der Waals surface area (Å²) < 4.78 is 46.7. The molecule has 0 bridgehead atoms. The molecule has 2 aliphatic heterocycles. The maximum absolute atomic E-state index is 13.5. The van der Waals surface area contributed by atoms with Gasteiger partial charge in [-0.15, -0.1) is 0 Å². The summed E-state index contributed by atoms with van der Waals surface area (Å²) in [6.07, 6.45) is -1.85. The third-order valence-electron chi connectivity index (χ3n) is 6.16. The number of carbonyl (C=O) groups is 1. The molecule has 31 heavy (non-hydrogen) atoms. The van der Waals surface area contributed by atoms with Crippen molar-refractivity contribution >= 4 is 11.7 Å². The standard InChI is InChI=1S/C23H26F3N3O2/c1-17-21(30)29(20-19(23(24,25)26)8-5-12-27-20)16-22(31-17)10-14-28(15-11-22)13-9-18-6-3-2-4-7-18/h2-8,12,17H,9-11,13-16H2,1H3. The van der Waals surface area contributed by atoms with Crippen LogP contribution in [0.2, 0.25) is 0 Å². The van der Waals surface area contributed by atoms with Gasteiger partial charge in [-0.25, -0.2) is 4.98 Å². The minimum atomic E-state index is -4.58. The van der Waals surface area contributed by atoms with Crippen molar-refractivity contribution < 1.29 is 22.7 Å². The lowest BCUT2D eigenvalue weighted by atomic mass is 9.88. The molecule has 3 heterocycles. The maximum Gasteiger partial charge on any atom is 0.419 e. The van der Waals surface area contributed by atoms with Crippen LogP contribution in [0.25, 0.3) is 0 Å². The molecule has 4 rings (SSSR count). The first-order valence-corrected chi connectivity index (χ1v) is 10.6. The van der Waals surface area contributed by atoms with E-state index in [9.17, 15) is 18.0 Å². The zero-order chi connectivity index (χ0) is 22.1. The van der Waals surface area contributed by atoms with E-state index >= 15 is 0 Å². The maximum atomic E-state index is 13.5. The number of pyridine rings is 1. The Bertz CT molecular complexity index is 912. The Balaban J connectivity index is 1.47. The number of nitrogens with zero attached hydrogens (tertiary/aromatic N) is 3. The SMILES string of the molecule is CC1OC2(CCN(CCc3ccccc3)CC2)CN(c2ncccc2C(F)(F)F)C1=O. The van der Waals surface area contributed by atoms with Crippen LogP contribution in [0.1, 0.15) is 30.9 Å². The number of ether oxygens (including phenoxy) is 1. The average Bonchev–Trinajstić information content (AvgIpc) is 2.76. The van der Waals surface area contributed by atoms with E-state index in [4.69, 9.17) is 4.74 Å². The second-order valence-electron chi connectivity index (χ2n) is 8.32. The summed E-state index contributed by atoms with van der Waals surface area (Å²) in [5.41, 5.74) is -0.276. The lowest BCUT2D eigenvalue weighted by Crippen LogP contribution is -2.62. The van der Waals surface area contributed by atoms with E-state index in [-0.39, 0.29) is 12.4 Å². The lowest BCUT2D eigenvalue weighted by Gasteiger charge is -2.49. The Hall–Kier alpha value is -2.45. The predicted molar refractivity (Wildman–Crippen MR) is 111 cm³/mol. The quantitative estimate of drug-likeness (QED) is 0.733. The molecule has 166 valence electrons. The number of hydrogen-bond acceptors (Lipinski definition) is 4. The average molecular weight is 433 g/mol. The van der Waals surface area contributed by atoms with Crippen LogP contribution in [0.5, 0.6) is 0 Å². The number of rotatable bonds is 4. The second-order valence-corrected chi connectivity index (χ2v) is 8.32. The molecule has 1 amide bonds. The van der Waals surface area contributed by atoms with Gasteiger partial charge in [0.15, 0.2) is 0 Å². The Morgan fingerprint density at radius 2 is 1.84 bits per heavy atom. The monoisotopic (exact) mass is 433 g/mol. The zero-order valence-corrected chi connectivity index (χ0v) is 17.4. The number of anilines is 1. The van der Waals surface area contributed by atoms with Gasteiger partial charge in [0.05, 0.1) is 17.7 Å². The molecule has 0 saturated carbocycles. The molecule has 0 aliphatic carbocycles. The molecule has 0 radical (unpaired) electrons. The summed E-state index contributed by atoms with van der Waals surface area (Å²) in [6, 6.07) is 12.5. The summed E-state index contributed by atoms with van der Waals surface area (Å²) >= 11 is 0. The largest absolute Gasteiger partial charge is 0.419 e. The number of halogens is 3. The summed E-state index contributed by atoms with van der Waals surface area (Å²) in [5.74, 6) is -0.817. The molecule has 2 aliphatic rings. The van der Waals surface area contributed by atoms with Crippen molar-refractivity contribution in [2.24, 2.45) is 0 Å². The van der Waals surface area contributed by atoms with Crippen LogP contribution in [-0.4, -0.2) is 53.7 Å². The molecule has 1 atom stereocenters. The smallest absolute Gasteiger partial charge is 0.360 e. The van der Waals surface area contributed by atoms with Gasteiger partial charge >= 0.3 is 6.18 Å². The summed E-state index contributed by atoms with van der Waals surface area (Å²) in [5, 5.41) is 0. The highest BCUT2D eigenvalue weighted by Crippen LogP contribution is 2.39. The van der Waals surface area contributed by atoms with Crippen LogP contribution in [-0.2, 0) is 22.1 Å². The van der Waals surface area contributed by atoms with Crippen LogP contribution in [0, 0.1) is 0 Å². The van der Waals surface area contributed by atoms with E-state index in [0.717, 1.165) is 32.1 Å². The van der Waals surface area contributed by atoms with Crippen molar-refractivity contribution in [1.82, 2.24) is 9.88 Å². The molecule has 2 aromatic rings. The van der Waals surface area contributed by atoms with E-state index in [0.29, 0.717) is 12.8 Å². The predicted octanol–water partition coefficient (Wildman–Crippen LogP) is 3.93. The number of morpholine rings is 1. The van der Waals surface area contributed by atoms with Crippen LogP contribution in [0.15, 0.2) is 48.7 Å². The van der Waals surface area contributed by atoms with Crippen LogP contribution < -0.4 is 4.90 Å². The normalized spacial score (nSPS) is 22.1. The molecule has 2 fully saturated rings. The Labute approximate surface area is 179 Å².